The molecule has 1 aliphatic rings. The first-order chi connectivity index (χ1) is 7.88. The van der Waals surface area contributed by atoms with Crippen molar-refractivity contribution in [1.29, 1.82) is 0 Å². The number of rotatable bonds is 2. The van der Waals surface area contributed by atoms with Crippen LogP contribution in [0.1, 0.15) is 30.3 Å². The number of imidazole rings is 1. The van der Waals surface area contributed by atoms with Gasteiger partial charge < -0.3 is 15.5 Å². The van der Waals surface area contributed by atoms with E-state index in [1.165, 1.54) is 0 Å². The molecule has 2 aromatic rings. The molecule has 1 aromatic heterocycles. The molecule has 0 amide bonds. The van der Waals surface area contributed by atoms with Crippen molar-refractivity contribution in [2.45, 2.75) is 25.5 Å². The molecule has 1 fully saturated rings. The maximum absolute atomic E-state index is 5.69. The molecule has 84 valence electrons. The molecule has 1 atom stereocenters. The lowest BCUT2D eigenvalue weighted by Crippen LogP contribution is -1.98. The van der Waals surface area contributed by atoms with E-state index in [2.05, 4.69) is 9.97 Å². The van der Waals surface area contributed by atoms with Gasteiger partial charge in [0, 0.05) is 13.2 Å². The largest absolute Gasteiger partial charge is 0.370 e. The Morgan fingerprint density at radius 2 is 2.44 bits per heavy atom. The van der Waals surface area contributed by atoms with Crippen LogP contribution >= 0.6 is 0 Å². The molecule has 1 saturated heterocycles. The molecule has 1 aromatic carbocycles. The van der Waals surface area contributed by atoms with E-state index in [0.717, 1.165) is 41.9 Å². The van der Waals surface area contributed by atoms with Gasteiger partial charge in [-0.2, -0.15) is 0 Å². The second kappa shape index (κ2) is 3.88. The molecule has 4 heteroatoms. The van der Waals surface area contributed by atoms with Gasteiger partial charge in [0.05, 0.1) is 11.0 Å². The molecule has 3 rings (SSSR count). The quantitative estimate of drug-likeness (QED) is 0.807. The first kappa shape index (κ1) is 9.81. The van der Waals surface area contributed by atoms with Gasteiger partial charge in [0.25, 0.3) is 0 Å². The van der Waals surface area contributed by atoms with Gasteiger partial charge in [-0.1, -0.05) is 12.1 Å². The Kier molecular flexibility index (Phi) is 2.38. The average molecular weight is 217 g/mol. The molecule has 3 N–H and O–H groups in total. The van der Waals surface area contributed by atoms with E-state index in [1.807, 2.05) is 18.2 Å². The van der Waals surface area contributed by atoms with Crippen LogP contribution in [0.4, 0.5) is 0 Å². The standard InChI is InChI=1S/C12H15N3O/c13-7-8-3-1-4-9-11(8)15-12(14-9)10-5-2-6-16-10/h1,3-4,10H,2,5-7,13H2,(H,14,15). The first-order valence-corrected chi connectivity index (χ1v) is 5.67. The van der Waals surface area contributed by atoms with Gasteiger partial charge >= 0.3 is 0 Å². The van der Waals surface area contributed by atoms with Gasteiger partial charge in [0.15, 0.2) is 0 Å². The molecule has 0 spiro atoms. The Balaban J connectivity index is 2.07. The summed E-state index contributed by atoms with van der Waals surface area (Å²) in [5.41, 5.74) is 8.81. The van der Waals surface area contributed by atoms with Gasteiger partial charge in [0.1, 0.15) is 11.9 Å². The number of ether oxygens (including phenoxy) is 1. The highest BCUT2D eigenvalue weighted by molar-refractivity contribution is 5.78. The number of aromatic amines is 1. The molecular formula is C12H15N3O. The topological polar surface area (TPSA) is 63.9 Å². The number of nitrogens with two attached hydrogens (primary N) is 1. The van der Waals surface area contributed by atoms with E-state index in [0.29, 0.717) is 6.54 Å². The van der Waals surface area contributed by atoms with Crippen LogP contribution in [0.3, 0.4) is 0 Å². The van der Waals surface area contributed by atoms with Crippen LogP contribution in [0.2, 0.25) is 0 Å². The number of fused-ring (bicyclic) bond motifs is 1. The van der Waals surface area contributed by atoms with Gasteiger partial charge in [-0.25, -0.2) is 4.98 Å². The fraction of sp³-hybridized carbons (Fsp3) is 0.417. The Morgan fingerprint density at radius 1 is 1.50 bits per heavy atom. The number of para-hydroxylation sites is 1. The summed E-state index contributed by atoms with van der Waals surface area (Å²) < 4.78 is 5.62. The Morgan fingerprint density at radius 3 is 3.19 bits per heavy atom. The molecule has 16 heavy (non-hydrogen) atoms. The van der Waals surface area contributed by atoms with Crippen molar-refractivity contribution < 1.29 is 4.74 Å². The summed E-state index contributed by atoms with van der Waals surface area (Å²) in [6.07, 6.45) is 2.31. The highest BCUT2D eigenvalue weighted by Gasteiger charge is 2.21. The van der Waals surface area contributed by atoms with Crippen molar-refractivity contribution in [1.82, 2.24) is 9.97 Å². The minimum absolute atomic E-state index is 0.137. The van der Waals surface area contributed by atoms with Gasteiger partial charge in [0.2, 0.25) is 0 Å². The van der Waals surface area contributed by atoms with E-state index in [9.17, 15) is 0 Å². The molecule has 1 aliphatic heterocycles. The predicted octanol–water partition coefficient (Wildman–Crippen LogP) is 1.87. The summed E-state index contributed by atoms with van der Waals surface area (Å²) in [5, 5.41) is 0. The summed E-state index contributed by atoms with van der Waals surface area (Å²) in [5.74, 6) is 0.938. The maximum Gasteiger partial charge on any atom is 0.136 e. The third kappa shape index (κ3) is 1.50. The summed E-state index contributed by atoms with van der Waals surface area (Å²) >= 11 is 0. The zero-order chi connectivity index (χ0) is 11.0. The van der Waals surface area contributed by atoms with Crippen LogP contribution in [0, 0.1) is 0 Å². The number of H-pyrrole nitrogens is 1. The highest BCUT2D eigenvalue weighted by Crippen LogP contribution is 2.28. The molecular weight excluding hydrogens is 202 g/mol. The average Bonchev–Trinajstić information content (AvgIpc) is 2.96. The molecule has 4 nitrogen and oxygen atoms in total. The van der Waals surface area contributed by atoms with E-state index in [1.54, 1.807) is 0 Å². The zero-order valence-corrected chi connectivity index (χ0v) is 9.07. The second-order valence-electron chi connectivity index (χ2n) is 4.14. The zero-order valence-electron chi connectivity index (χ0n) is 9.07. The van der Waals surface area contributed by atoms with Gasteiger partial charge in [-0.15, -0.1) is 0 Å². The van der Waals surface area contributed by atoms with Crippen molar-refractivity contribution in [2.24, 2.45) is 5.73 Å². The number of hydrogen-bond donors (Lipinski definition) is 2. The Hall–Kier alpha value is -1.39. The van der Waals surface area contributed by atoms with Crippen molar-refractivity contribution in [3.63, 3.8) is 0 Å². The Labute approximate surface area is 93.8 Å². The van der Waals surface area contributed by atoms with E-state index >= 15 is 0 Å². The van der Waals surface area contributed by atoms with E-state index in [4.69, 9.17) is 10.5 Å². The third-order valence-electron chi connectivity index (χ3n) is 3.07. The summed E-state index contributed by atoms with van der Waals surface area (Å²) in [6.45, 7) is 1.36. The summed E-state index contributed by atoms with van der Waals surface area (Å²) in [7, 11) is 0. The van der Waals surface area contributed by atoms with Crippen molar-refractivity contribution >= 4 is 11.0 Å². The fourth-order valence-corrected chi connectivity index (χ4v) is 2.22. The minimum Gasteiger partial charge on any atom is -0.370 e. The molecule has 0 aliphatic carbocycles. The van der Waals surface area contributed by atoms with Gasteiger partial charge in [-0.3, -0.25) is 0 Å². The van der Waals surface area contributed by atoms with Crippen LogP contribution in [-0.4, -0.2) is 16.6 Å². The smallest absolute Gasteiger partial charge is 0.136 e. The predicted molar refractivity (Wildman–Crippen MR) is 61.9 cm³/mol. The first-order valence-electron chi connectivity index (χ1n) is 5.67. The van der Waals surface area contributed by atoms with Crippen LogP contribution in [0.25, 0.3) is 11.0 Å². The lowest BCUT2D eigenvalue weighted by molar-refractivity contribution is 0.106. The number of nitrogens with one attached hydrogen (secondary N) is 1. The SMILES string of the molecule is NCc1cccc2[nH]c(C3CCCO3)nc12. The molecule has 0 radical (unpaired) electrons. The third-order valence-corrected chi connectivity index (χ3v) is 3.07. The summed E-state index contributed by atoms with van der Waals surface area (Å²) in [4.78, 5) is 7.93. The normalized spacial score (nSPS) is 20.7. The number of aromatic nitrogens is 2. The van der Waals surface area contributed by atoms with Gasteiger partial charge in [-0.05, 0) is 24.5 Å². The minimum atomic E-state index is 0.137. The van der Waals surface area contributed by atoms with Crippen molar-refractivity contribution in [3.8, 4) is 0 Å². The lowest BCUT2D eigenvalue weighted by atomic mass is 10.2. The number of benzene rings is 1. The van der Waals surface area contributed by atoms with Crippen LogP contribution in [-0.2, 0) is 11.3 Å². The van der Waals surface area contributed by atoms with Crippen LogP contribution < -0.4 is 5.73 Å². The maximum atomic E-state index is 5.69. The molecule has 0 bridgehead atoms. The van der Waals surface area contributed by atoms with E-state index in [-0.39, 0.29) is 6.10 Å². The number of hydrogen-bond acceptors (Lipinski definition) is 3. The summed E-state index contributed by atoms with van der Waals surface area (Å²) in [6, 6.07) is 6.05. The van der Waals surface area contributed by atoms with Crippen molar-refractivity contribution in [3.05, 3.63) is 29.6 Å². The lowest BCUT2D eigenvalue weighted by Gasteiger charge is -2.03. The Bertz CT molecular complexity index is 500. The molecule has 2 heterocycles. The highest BCUT2D eigenvalue weighted by atomic mass is 16.5. The molecule has 0 saturated carbocycles. The van der Waals surface area contributed by atoms with Crippen LogP contribution in [0.15, 0.2) is 18.2 Å². The van der Waals surface area contributed by atoms with Crippen LogP contribution in [0.5, 0.6) is 0 Å². The second-order valence-corrected chi connectivity index (χ2v) is 4.14. The number of nitrogens with zero attached hydrogens (tertiary/aromatic N) is 1. The van der Waals surface area contributed by atoms with Crippen molar-refractivity contribution in [2.75, 3.05) is 6.61 Å². The fourth-order valence-electron chi connectivity index (χ4n) is 2.22. The monoisotopic (exact) mass is 217 g/mol. The van der Waals surface area contributed by atoms with E-state index < -0.39 is 0 Å². The molecule has 1 unspecified atom stereocenters.